The van der Waals surface area contributed by atoms with E-state index >= 15 is 0 Å². The number of hydrogen-bond acceptors (Lipinski definition) is 4. The first kappa shape index (κ1) is 18.5. The van der Waals surface area contributed by atoms with Crippen LogP contribution in [0.25, 0.3) is 0 Å². The van der Waals surface area contributed by atoms with Crippen LogP contribution in [0.15, 0.2) is 66.9 Å². The van der Waals surface area contributed by atoms with Crippen molar-refractivity contribution in [1.29, 1.82) is 0 Å². The first-order chi connectivity index (χ1) is 13.1. The van der Waals surface area contributed by atoms with Crippen molar-refractivity contribution >= 4 is 29.2 Å². The van der Waals surface area contributed by atoms with Gasteiger partial charge in [0.2, 0.25) is 6.10 Å². The van der Waals surface area contributed by atoms with Gasteiger partial charge in [-0.25, -0.2) is 4.79 Å². The van der Waals surface area contributed by atoms with Crippen LogP contribution < -0.4 is 10.1 Å². The Kier molecular flexibility index (Phi) is 5.78. The topological polar surface area (TPSA) is 80.4 Å². The normalized spacial score (nSPS) is 11.5. The van der Waals surface area contributed by atoms with Crippen LogP contribution in [0.2, 0.25) is 5.02 Å². The average Bonchev–Trinajstić information content (AvgIpc) is 3.13. The molecule has 0 aliphatic heterocycles. The van der Waals surface area contributed by atoms with Crippen molar-refractivity contribution in [2.24, 2.45) is 0 Å². The van der Waals surface area contributed by atoms with Gasteiger partial charge in [-0.15, -0.1) is 0 Å². The molecule has 6 nitrogen and oxygen atoms in total. The van der Waals surface area contributed by atoms with Crippen molar-refractivity contribution in [3.05, 3.63) is 83.1 Å². The fraction of sp³-hybridized carbons (Fsp3) is 0.100. The minimum atomic E-state index is -1.12. The van der Waals surface area contributed by atoms with E-state index in [0.29, 0.717) is 22.0 Å². The van der Waals surface area contributed by atoms with Gasteiger partial charge in [-0.2, -0.15) is 0 Å². The third-order valence-electron chi connectivity index (χ3n) is 3.79. The van der Waals surface area contributed by atoms with Gasteiger partial charge in [-0.1, -0.05) is 41.9 Å². The Labute approximate surface area is 161 Å². The first-order valence-electron chi connectivity index (χ1n) is 8.11. The van der Waals surface area contributed by atoms with E-state index in [1.54, 1.807) is 55.6 Å². The van der Waals surface area contributed by atoms with Gasteiger partial charge in [0.25, 0.3) is 5.91 Å². The molecule has 27 heavy (non-hydrogen) atoms. The molecule has 1 heterocycles. The lowest BCUT2D eigenvalue weighted by Crippen LogP contribution is -2.26. The van der Waals surface area contributed by atoms with Crippen molar-refractivity contribution in [2.45, 2.75) is 6.10 Å². The molecule has 0 fully saturated rings. The summed E-state index contributed by atoms with van der Waals surface area (Å²) in [5.41, 5.74) is 1.27. The molecule has 7 heteroatoms. The van der Waals surface area contributed by atoms with Crippen LogP contribution in [-0.4, -0.2) is 24.0 Å². The molecule has 0 saturated heterocycles. The molecule has 2 N–H and O–H groups in total. The quantitative estimate of drug-likeness (QED) is 0.624. The highest BCUT2D eigenvalue weighted by molar-refractivity contribution is 6.30. The molecule has 3 rings (SSSR count). The summed E-state index contributed by atoms with van der Waals surface area (Å²) in [6.45, 7) is 0. The number of carbonyl (C=O) groups is 2. The number of carbonyl (C=O) groups excluding carboxylic acids is 2. The molecule has 3 aromatic rings. The molecule has 1 amide bonds. The number of aromatic nitrogens is 1. The zero-order chi connectivity index (χ0) is 19.2. The summed E-state index contributed by atoms with van der Waals surface area (Å²) < 4.78 is 10.5. The Morgan fingerprint density at radius 2 is 1.78 bits per heavy atom. The molecule has 138 valence electrons. The van der Waals surface area contributed by atoms with Gasteiger partial charge in [0, 0.05) is 17.4 Å². The van der Waals surface area contributed by atoms with Gasteiger partial charge in [0.05, 0.1) is 12.1 Å². The van der Waals surface area contributed by atoms with Gasteiger partial charge in [0.15, 0.2) is 0 Å². The average molecular weight is 385 g/mol. The molecule has 0 aliphatic carbocycles. The van der Waals surface area contributed by atoms with Crippen LogP contribution in [0.3, 0.4) is 0 Å². The SMILES string of the molecule is COc1ccc(NC(=O)[C@H](OC(=O)c2cc(Cl)c[nH]2)c2ccccc2)cc1. The van der Waals surface area contributed by atoms with Crippen molar-refractivity contribution in [1.82, 2.24) is 4.98 Å². The summed E-state index contributed by atoms with van der Waals surface area (Å²) in [6, 6.07) is 17.1. The number of ether oxygens (including phenoxy) is 2. The van der Waals surface area contributed by atoms with Crippen molar-refractivity contribution < 1.29 is 19.1 Å². The fourth-order valence-corrected chi connectivity index (χ4v) is 2.60. The molecule has 0 spiro atoms. The van der Waals surface area contributed by atoms with E-state index in [1.807, 2.05) is 6.07 Å². The highest BCUT2D eigenvalue weighted by Gasteiger charge is 2.26. The fourth-order valence-electron chi connectivity index (χ4n) is 2.44. The predicted molar refractivity (Wildman–Crippen MR) is 102 cm³/mol. The molecule has 0 aliphatic rings. The van der Waals surface area contributed by atoms with Crippen molar-refractivity contribution in [3.8, 4) is 5.75 Å². The second kappa shape index (κ2) is 8.42. The number of methoxy groups -OCH3 is 1. The van der Waals surface area contributed by atoms with Crippen LogP contribution in [-0.2, 0) is 9.53 Å². The van der Waals surface area contributed by atoms with E-state index < -0.39 is 18.0 Å². The number of rotatable bonds is 6. The number of nitrogens with one attached hydrogen (secondary N) is 2. The maximum atomic E-state index is 12.8. The van der Waals surface area contributed by atoms with Gasteiger partial charge < -0.3 is 19.8 Å². The Hall–Kier alpha value is -3.25. The molecule has 1 atom stereocenters. The molecule has 1 aromatic heterocycles. The second-order valence-electron chi connectivity index (χ2n) is 5.65. The molecular weight excluding hydrogens is 368 g/mol. The lowest BCUT2D eigenvalue weighted by molar-refractivity contribution is -0.125. The van der Waals surface area contributed by atoms with Crippen LogP contribution in [0.5, 0.6) is 5.75 Å². The number of H-pyrrole nitrogens is 1. The standard InChI is InChI=1S/C20H17ClN2O4/c1-26-16-9-7-15(8-10-16)23-19(24)18(13-5-3-2-4-6-13)27-20(25)17-11-14(21)12-22-17/h2-12,18,22H,1H3,(H,23,24)/t18-/m1/s1. The van der Waals surface area contributed by atoms with E-state index in [2.05, 4.69) is 10.3 Å². The summed E-state index contributed by atoms with van der Waals surface area (Å²) in [6.07, 6.45) is 0.343. The molecule has 0 bridgehead atoms. The lowest BCUT2D eigenvalue weighted by atomic mass is 10.1. The van der Waals surface area contributed by atoms with E-state index in [1.165, 1.54) is 12.3 Å². The number of anilines is 1. The van der Waals surface area contributed by atoms with Crippen LogP contribution in [0.1, 0.15) is 22.2 Å². The van der Waals surface area contributed by atoms with E-state index in [9.17, 15) is 9.59 Å². The molecule has 2 aromatic carbocycles. The maximum absolute atomic E-state index is 12.8. The Bertz CT molecular complexity index is 923. The third-order valence-corrected chi connectivity index (χ3v) is 4.01. The summed E-state index contributed by atoms with van der Waals surface area (Å²) in [5.74, 6) is -0.485. The Morgan fingerprint density at radius 1 is 1.07 bits per heavy atom. The van der Waals surface area contributed by atoms with Gasteiger partial charge in [-0.3, -0.25) is 4.79 Å². The highest BCUT2D eigenvalue weighted by Crippen LogP contribution is 2.23. The summed E-state index contributed by atoms with van der Waals surface area (Å²) in [5, 5.41) is 3.12. The minimum Gasteiger partial charge on any atom is -0.497 e. The third kappa shape index (κ3) is 4.68. The van der Waals surface area contributed by atoms with Crippen molar-refractivity contribution in [2.75, 3.05) is 12.4 Å². The van der Waals surface area contributed by atoms with Gasteiger partial charge >= 0.3 is 5.97 Å². The monoisotopic (exact) mass is 384 g/mol. The van der Waals surface area contributed by atoms with E-state index in [-0.39, 0.29) is 5.69 Å². The maximum Gasteiger partial charge on any atom is 0.355 e. The zero-order valence-corrected chi connectivity index (χ0v) is 15.2. The summed E-state index contributed by atoms with van der Waals surface area (Å²) >= 11 is 5.82. The smallest absolute Gasteiger partial charge is 0.355 e. The van der Waals surface area contributed by atoms with Crippen LogP contribution >= 0.6 is 11.6 Å². The largest absolute Gasteiger partial charge is 0.497 e. The number of esters is 1. The number of halogens is 1. The predicted octanol–water partition coefficient (Wildman–Crippen LogP) is 4.21. The van der Waals surface area contributed by atoms with Crippen LogP contribution in [0.4, 0.5) is 5.69 Å². The number of hydrogen-bond donors (Lipinski definition) is 2. The first-order valence-corrected chi connectivity index (χ1v) is 8.49. The van der Waals surface area contributed by atoms with Crippen LogP contribution in [0, 0.1) is 0 Å². The molecule has 0 radical (unpaired) electrons. The molecule has 0 saturated carbocycles. The minimum absolute atomic E-state index is 0.165. The summed E-state index contributed by atoms with van der Waals surface area (Å²) in [7, 11) is 1.56. The number of aromatic amines is 1. The molecule has 0 unspecified atom stereocenters. The van der Waals surface area contributed by atoms with E-state index in [0.717, 1.165) is 0 Å². The second-order valence-corrected chi connectivity index (χ2v) is 6.08. The number of benzene rings is 2. The zero-order valence-electron chi connectivity index (χ0n) is 14.4. The number of amides is 1. The van der Waals surface area contributed by atoms with Gasteiger partial charge in [-0.05, 0) is 30.3 Å². The Balaban J connectivity index is 1.80. The molecular formula is C20H17ClN2O4. The summed E-state index contributed by atoms with van der Waals surface area (Å²) in [4.78, 5) is 27.9. The van der Waals surface area contributed by atoms with Crippen molar-refractivity contribution in [3.63, 3.8) is 0 Å². The Morgan fingerprint density at radius 3 is 2.37 bits per heavy atom. The highest BCUT2D eigenvalue weighted by atomic mass is 35.5. The van der Waals surface area contributed by atoms with E-state index in [4.69, 9.17) is 21.1 Å². The van der Waals surface area contributed by atoms with Gasteiger partial charge in [0.1, 0.15) is 11.4 Å². The lowest BCUT2D eigenvalue weighted by Gasteiger charge is -2.18.